The molecule has 0 fully saturated rings. The summed E-state index contributed by atoms with van der Waals surface area (Å²) in [6, 6.07) is 17.8. The Morgan fingerprint density at radius 3 is 1.68 bits per heavy atom. The van der Waals surface area contributed by atoms with E-state index in [1.807, 2.05) is 54.6 Å². The van der Waals surface area contributed by atoms with Gasteiger partial charge in [-0.2, -0.15) is 0 Å². The summed E-state index contributed by atoms with van der Waals surface area (Å²) in [4.78, 5) is 0. The van der Waals surface area contributed by atoms with E-state index in [9.17, 15) is 0 Å². The quantitative estimate of drug-likeness (QED) is 0.619. The predicted octanol–water partition coefficient (Wildman–Crippen LogP) is 3.40. The van der Waals surface area contributed by atoms with E-state index in [1.54, 1.807) is 0 Å². The fraction of sp³-hybridized carbons (Fsp3) is 0.0526. The summed E-state index contributed by atoms with van der Waals surface area (Å²) >= 11 is 0. The van der Waals surface area contributed by atoms with Gasteiger partial charge in [0.1, 0.15) is 0 Å². The Hall–Kier alpha value is -2.88. The van der Waals surface area contributed by atoms with Crippen molar-refractivity contribution in [1.82, 2.24) is 0 Å². The van der Waals surface area contributed by atoms with Gasteiger partial charge in [-0.3, -0.25) is 0 Å². The van der Waals surface area contributed by atoms with Crippen LogP contribution < -0.4 is 0 Å². The van der Waals surface area contributed by atoms with Crippen LogP contribution in [0, 0.1) is 42.4 Å². The lowest BCUT2D eigenvalue weighted by Crippen LogP contribution is -1.74. The van der Waals surface area contributed by atoms with E-state index in [4.69, 9.17) is 0 Å². The summed E-state index contributed by atoms with van der Waals surface area (Å²) in [6.07, 6.45) is 0. The third-order valence-corrected chi connectivity index (χ3v) is 2.43. The summed E-state index contributed by atoms with van der Waals surface area (Å²) in [6.45, 7) is 2.05. The maximum absolute atomic E-state index is 2.98. The number of hydrogen-bond acceptors (Lipinski definition) is 0. The predicted molar refractivity (Wildman–Crippen MR) is 79.2 cm³/mol. The maximum Gasteiger partial charge on any atom is 0.0255 e. The average molecular weight is 240 g/mol. The van der Waals surface area contributed by atoms with Crippen LogP contribution in [0.15, 0.2) is 54.6 Å². The highest BCUT2D eigenvalue weighted by Crippen LogP contribution is 2.00. The van der Waals surface area contributed by atoms with E-state index >= 15 is 0 Å². The van der Waals surface area contributed by atoms with Crippen molar-refractivity contribution in [3.05, 3.63) is 71.3 Å². The molecule has 0 unspecified atom stereocenters. The molecule has 0 atom stereocenters. The zero-order valence-corrected chi connectivity index (χ0v) is 10.7. The zero-order valence-electron chi connectivity index (χ0n) is 10.7. The molecule has 2 aromatic carbocycles. The van der Waals surface area contributed by atoms with Crippen molar-refractivity contribution in [3.8, 4) is 35.5 Å². The molecular weight excluding hydrogens is 228 g/mol. The molecule has 0 aliphatic rings. The second-order valence-electron chi connectivity index (χ2n) is 3.98. The van der Waals surface area contributed by atoms with Crippen molar-refractivity contribution >= 4 is 0 Å². The van der Waals surface area contributed by atoms with Gasteiger partial charge in [-0.15, -0.1) is 0 Å². The van der Waals surface area contributed by atoms with Gasteiger partial charge in [0.05, 0.1) is 0 Å². The molecule has 0 radical (unpaired) electrons. The van der Waals surface area contributed by atoms with Crippen molar-refractivity contribution in [3.63, 3.8) is 0 Å². The average Bonchev–Trinajstić information content (AvgIpc) is 2.46. The van der Waals surface area contributed by atoms with Gasteiger partial charge >= 0.3 is 0 Å². The third kappa shape index (κ3) is 4.47. The Morgan fingerprint density at radius 2 is 1.11 bits per heavy atom. The highest BCUT2D eigenvalue weighted by Gasteiger charge is 1.84. The SMILES string of the molecule is Cc1ccc(C#CC#CC#Cc2ccccc2)cc1. The number of aryl methyl sites for hydroxylation is 1. The Bertz CT molecular complexity index is 716. The molecule has 0 amide bonds. The summed E-state index contributed by atoms with van der Waals surface area (Å²) in [5, 5.41) is 0. The molecule has 0 aliphatic carbocycles. The van der Waals surface area contributed by atoms with Gasteiger partial charge in [-0.1, -0.05) is 47.7 Å². The standard InChI is InChI=1S/C19H12/c1-17-13-15-19(16-14-17)12-6-3-2-5-9-18-10-7-4-8-11-18/h4,7-8,10-11,13-16H,1H3. The molecular formula is C19H12. The Morgan fingerprint density at radius 1 is 0.579 bits per heavy atom. The van der Waals surface area contributed by atoms with Gasteiger partial charge in [0.25, 0.3) is 0 Å². The molecule has 0 saturated heterocycles. The molecule has 0 aromatic heterocycles. The van der Waals surface area contributed by atoms with Crippen molar-refractivity contribution < 1.29 is 0 Å². The second-order valence-corrected chi connectivity index (χ2v) is 3.98. The molecule has 0 heterocycles. The van der Waals surface area contributed by atoms with E-state index in [1.165, 1.54) is 5.56 Å². The molecule has 2 rings (SSSR count). The fourth-order valence-corrected chi connectivity index (χ4v) is 1.43. The van der Waals surface area contributed by atoms with Crippen molar-refractivity contribution in [2.45, 2.75) is 6.92 Å². The van der Waals surface area contributed by atoms with Crippen molar-refractivity contribution in [2.24, 2.45) is 0 Å². The van der Waals surface area contributed by atoms with Crippen LogP contribution in [-0.4, -0.2) is 0 Å². The van der Waals surface area contributed by atoms with Crippen LogP contribution >= 0.6 is 0 Å². The Balaban J connectivity index is 2.00. The Kier molecular flexibility index (Phi) is 4.47. The largest absolute Gasteiger partial charge is 0.0622 e. The highest BCUT2D eigenvalue weighted by atomic mass is 13.9. The lowest BCUT2D eigenvalue weighted by molar-refractivity contribution is 1.46. The smallest absolute Gasteiger partial charge is 0.0255 e. The summed E-state index contributed by atoms with van der Waals surface area (Å²) in [7, 11) is 0. The lowest BCUT2D eigenvalue weighted by Gasteiger charge is -1.89. The van der Waals surface area contributed by atoms with E-state index in [2.05, 4.69) is 42.4 Å². The monoisotopic (exact) mass is 240 g/mol. The lowest BCUT2D eigenvalue weighted by atomic mass is 10.2. The molecule has 0 heteroatoms. The van der Waals surface area contributed by atoms with Crippen LogP contribution in [0.3, 0.4) is 0 Å². The van der Waals surface area contributed by atoms with Crippen LogP contribution in [0.2, 0.25) is 0 Å². The molecule has 0 spiro atoms. The van der Waals surface area contributed by atoms with Gasteiger partial charge in [-0.05, 0) is 54.9 Å². The van der Waals surface area contributed by atoms with Gasteiger partial charge in [-0.25, -0.2) is 0 Å². The van der Waals surface area contributed by atoms with E-state index in [-0.39, 0.29) is 0 Å². The molecule has 88 valence electrons. The van der Waals surface area contributed by atoms with Crippen LogP contribution in [0.4, 0.5) is 0 Å². The van der Waals surface area contributed by atoms with Crippen molar-refractivity contribution in [2.75, 3.05) is 0 Å². The molecule has 0 N–H and O–H groups in total. The Labute approximate surface area is 114 Å². The maximum atomic E-state index is 2.98. The van der Waals surface area contributed by atoms with E-state index < -0.39 is 0 Å². The molecule has 2 aromatic rings. The van der Waals surface area contributed by atoms with Crippen LogP contribution in [0.25, 0.3) is 0 Å². The van der Waals surface area contributed by atoms with Crippen LogP contribution in [-0.2, 0) is 0 Å². The van der Waals surface area contributed by atoms with E-state index in [0.717, 1.165) is 11.1 Å². The summed E-state index contributed by atoms with van der Waals surface area (Å²) in [5.74, 6) is 17.0. The second kappa shape index (κ2) is 6.76. The van der Waals surface area contributed by atoms with Gasteiger partial charge < -0.3 is 0 Å². The molecule has 19 heavy (non-hydrogen) atoms. The zero-order chi connectivity index (χ0) is 13.3. The normalized spacial score (nSPS) is 8.05. The molecule has 0 nitrogen and oxygen atoms in total. The van der Waals surface area contributed by atoms with Crippen molar-refractivity contribution in [1.29, 1.82) is 0 Å². The minimum Gasteiger partial charge on any atom is -0.0622 e. The van der Waals surface area contributed by atoms with Crippen LogP contribution in [0.5, 0.6) is 0 Å². The first-order valence-electron chi connectivity index (χ1n) is 5.98. The first-order chi connectivity index (χ1) is 9.34. The molecule has 0 saturated carbocycles. The topological polar surface area (TPSA) is 0 Å². The minimum atomic E-state index is 0.961. The third-order valence-electron chi connectivity index (χ3n) is 2.43. The first-order valence-corrected chi connectivity index (χ1v) is 5.98. The fourth-order valence-electron chi connectivity index (χ4n) is 1.43. The number of benzene rings is 2. The van der Waals surface area contributed by atoms with Crippen LogP contribution in [0.1, 0.15) is 16.7 Å². The van der Waals surface area contributed by atoms with E-state index in [0.29, 0.717) is 0 Å². The molecule has 0 aliphatic heterocycles. The highest BCUT2D eigenvalue weighted by molar-refractivity contribution is 5.45. The van der Waals surface area contributed by atoms with Gasteiger partial charge in [0.2, 0.25) is 0 Å². The van der Waals surface area contributed by atoms with Gasteiger partial charge in [0, 0.05) is 11.1 Å². The molecule has 0 bridgehead atoms. The number of hydrogen-bond donors (Lipinski definition) is 0. The summed E-state index contributed by atoms with van der Waals surface area (Å²) in [5.41, 5.74) is 3.16. The van der Waals surface area contributed by atoms with Gasteiger partial charge in [0.15, 0.2) is 0 Å². The minimum absolute atomic E-state index is 0.961. The summed E-state index contributed by atoms with van der Waals surface area (Å²) < 4.78 is 0. The number of rotatable bonds is 0. The first kappa shape index (κ1) is 12.6.